The summed E-state index contributed by atoms with van der Waals surface area (Å²) in [5.41, 5.74) is 1.60. The number of hydrogen-bond donors (Lipinski definition) is 1. The molecular formula is C23H21NO5S2. The van der Waals surface area contributed by atoms with Crippen molar-refractivity contribution in [3.8, 4) is 17.6 Å². The van der Waals surface area contributed by atoms with E-state index in [-0.39, 0.29) is 10.6 Å². The molecule has 0 bridgehead atoms. The standard InChI is InChI=1S/C23H21NO5S2/c1-28-19-11-8-17(9-12-19)10-13-20-14-15-22(30-20)31(26,27)24-21(23(25)29-2)16-18-6-4-3-5-7-18/h3-9,11-12,14-15,21,24H,16H2,1-2H3/t21-/m1/s1. The highest BCUT2D eigenvalue weighted by Crippen LogP contribution is 2.22. The van der Waals surface area contributed by atoms with Gasteiger partial charge in [0.1, 0.15) is 16.0 Å². The Morgan fingerprint density at radius 3 is 2.35 bits per heavy atom. The van der Waals surface area contributed by atoms with Crippen molar-refractivity contribution in [2.24, 2.45) is 0 Å². The summed E-state index contributed by atoms with van der Waals surface area (Å²) in [5.74, 6) is 6.04. The minimum absolute atomic E-state index is 0.0773. The molecular weight excluding hydrogens is 434 g/mol. The minimum atomic E-state index is -3.92. The summed E-state index contributed by atoms with van der Waals surface area (Å²) in [5, 5.41) is 0. The van der Waals surface area contributed by atoms with Gasteiger partial charge in [0.15, 0.2) is 0 Å². The normalized spacial score (nSPS) is 11.8. The van der Waals surface area contributed by atoms with Crippen LogP contribution in [0.25, 0.3) is 0 Å². The van der Waals surface area contributed by atoms with Gasteiger partial charge in [-0.15, -0.1) is 11.3 Å². The second-order valence-corrected chi connectivity index (χ2v) is 9.51. The molecule has 0 radical (unpaired) electrons. The lowest BCUT2D eigenvalue weighted by Crippen LogP contribution is -2.42. The monoisotopic (exact) mass is 455 g/mol. The average Bonchev–Trinajstić information content (AvgIpc) is 3.28. The summed E-state index contributed by atoms with van der Waals surface area (Å²) in [4.78, 5) is 12.8. The summed E-state index contributed by atoms with van der Waals surface area (Å²) in [6.45, 7) is 0. The molecule has 1 N–H and O–H groups in total. The zero-order chi connectivity index (χ0) is 22.3. The van der Waals surface area contributed by atoms with Crippen LogP contribution in [0, 0.1) is 11.8 Å². The molecule has 31 heavy (non-hydrogen) atoms. The number of hydrogen-bond acceptors (Lipinski definition) is 6. The van der Waals surface area contributed by atoms with Crippen LogP contribution in [0.2, 0.25) is 0 Å². The third-order valence-electron chi connectivity index (χ3n) is 4.33. The predicted molar refractivity (Wildman–Crippen MR) is 120 cm³/mol. The van der Waals surface area contributed by atoms with Crippen molar-refractivity contribution in [1.29, 1.82) is 0 Å². The van der Waals surface area contributed by atoms with E-state index in [9.17, 15) is 13.2 Å². The Balaban J connectivity index is 1.76. The lowest BCUT2D eigenvalue weighted by Gasteiger charge is -2.16. The zero-order valence-corrected chi connectivity index (χ0v) is 18.6. The topological polar surface area (TPSA) is 81.7 Å². The molecule has 8 heteroatoms. The number of benzene rings is 2. The van der Waals surface area contributed by atoms with Crippen LogP contribution in [-0.2, 0) is 26.0 Å². The summed E-state index contributed by atoms with van der Waals surface area (Å²) >= 11 is 1.03. The zero-order valence-electron chi connectivity index (χ0n) is 17.0. The number of carbonyl (C=O) groups is 1. The predicted octanol–water partition coefficient (Wildman–Crippen LogP) is 3.22. The molecule has 2 aromatic carbocycles. The highest BCUT2D eigenvalue weighted by Gasteiger charge is 2.27. The molecule has 1 heterocycles. The maximum absolute atomic E-state index is 12.8. The molecule has 0 saturated carbocycles. The van der Waals surface area contributed by atoms with E-state index in [1.807, 2.05) is 42.5 Å². The molecule has 1 atom stereocenters. The van der Waals surface area contributed by atoms with Crippen molar-refractivity contribution in [2.45, 2.75) is 16.7 Å². The van der Waals surface area contributed by atoms with E-state index >= 15 is 0 Å². The van der Waals surface area contributed by atoms with E-state index in [1.165, 1.54) is 13.2 Å². The van der Waals surface area contributed by atoms with Crippen LogP contribution in [0.4, 0.5) is 0 Å². The Bertz CT molecular complexity index is 1190. The first kappa shape index (κ1) is 22.6. The first-order valence-electron chi connectivity index (χ1n) is 9.31. The molecule has 3 aromatic rings. The Kier molecular flexibility index (Phi) is 7.47. The quantitative estimate of drug-likeness (QED) is 0.437. The van der Waals surface area contributed by atoms with Gasteiger partial charge in [0.25, 0.3) is 10.0 Å². The van der Waals surface area contributed by atoms with Crippen LogP contribution in [0.5, 0.6) is 5.75 Å². The van der Waals surface area contributed by atoms with Crippen LogP contribution in [0.3, 0.4) is 0 Å². The van der Waals surface area contributed by atoms with Gasteiger partial charge in [-0.3, -0.25) is 4.79 Å². The number of nitrogens with one attached hydrogen (secondary N) is 1. The van der Waals surface area contributed by atoms with Crippen molar-refractivity contribution in [3.05, 3.63) is 82.7 Å². The van der Waals surface area contributed by atoms with Gasteiger partial charge in [-0.1, -0.05) is 42.2 Å². The van der Waals surface area contributed by atoms with E-state index in [1.54, 1.807) is 25.3 Å². The number of rotatable bonds is 7. The van der Waals surface area contributed by atoms with E-state index in [0.717, 1.165) is 28.2 Å². The summed E-state index contributed by atoms with van der Waals surface area (Å²) in [6, 6.07) is 18.5. The van der Waals surface area contributed by atoms with Crippen LogP contribution in [-0.4, -0.2) is 34.6 Å². The maximum atomic E-state index is 12.8. The molecule has 0 amide bonds. The Morgan fingerprint density at radius 1 is 1.00 bits per heavy atom. The van der Waals surface area contributed by atoms with E-state index in [0.29, 0.717) is 4.88 Å². The average molecular weight is 456 g/mol. The smallest absolute Gasteiger partial charge is 0.324 e. The molecule has 0 aliphatic carbocycles. The molecule has 0 aliphatic rings. The maximum Gasteiger partial charge on any atom is 0.324 e. The van der Waals surface area contributed by atoms with Gasteiger partial charge in [0.05, 0.1) is 19.1 Å². The molecule has 3 rings (SSSR count). The molecule has 0 spiro atoms. The third kappa shape index (κ3) is 6.18. The molecule has 0 aliphatic heterocycles. The number of thiophene rings is 1. The van der Waals surface area contributed by atoms with Gasteiger partial charge in [-0.05, 0) is 48.4 Å². The largest absolute Gasteiger partial charge is 0.497 e. The summed E-state index contributed by atoms with van der Waals surface area (Å²) in [7, 11) is -1.10. The van der Waals surface area contributed by atoms with E-state index in [2.05, 4.69) is 16.6 Å². The van der Waals surface area contributed by atoms with Crippen molar-refractivity contribution in [3.63, 3.8) is 0 Å². The Labute approximate surface area is 185 Å². The fraction of sp³-hybridized carbons (Fsp3) is 0.174. The first-order valence-corrected chi connectivity index (χ1v) is 11.6. The first-order chi connectivity index (χ1) is 14.9. The van der Waals surface area contributed by atoms with Gasteiger partial charge in [0.2, 0.25) is 0 Å². The highest BCUT2D eigenvalue weighted by atomic mass is 32.2. The second kappa shape index (κ2) is 10.3. The second-order valence-electron chi connectivity index (χ2n) is 6.48. The fourth-order valence-electron chi connectivity index (χ4n) is 2.75. The Morgan fingerprint density at radius 2 is 1.71 bits per heavy atom. The number of sulfonamides is 1. The number of esters is 1. The van der Waals surface area contributed by atoms with Crippen molar-refractivity contribution < 1.29 is 22.7 Å². The number of ether oxygens (including phenoxy) is 2. The van der Waals surface area contributed by atoms with Crippen molar-refractivity contribution in [2.75, 3.05) is 14.2 Å². The lowest BCUT2D eigenvalue weighted by molar-refractivity contribution is -0.142. The van der Waals surface area contributed by atoms with Crippen molar-refractivity contribution >= 4 is 27.3 Å². The Hall–Kier alpha value is -3.12. The van der Waals surface area contributed by atoms with Gasteiger partial charge in [0, 0.05) is 5.56 Å². The van der Waals surface area contributed by atoms with E-state index in [4.69, 9.17) is 9.47 Å². The van der Waals surface area contributed by atoms with Crippen LogP contribution in [0.15, 0.2) is 70.9 Å². The SMILES string of the molecule is COC(=O)[C@@H](Cc1ccccc1)NS(=O)(=O)c1ccc(C#Cc2ccc(OC)cc2)s1. The fourth-order valence-corrected chi connectivity index (χ4v) is 5.11. The summed E-state index contributed by atoms with van der Waals surface area (Å²) < 4.78 is 38.1. The molecule has 1 aromatic heterocycles. The minimum Gasteiger partial charge on any atom is -0.497 e. The number of carbonyl (C=O) groups excluding carboxylic acids is 1. The highest BCUT2D eigenvalue weighted by molar-refractivity contribution is 7.91. The molecule has 0 saturated heterocycles. The molecule has 0 fully saturated rings. The molecule has 0 unspecified atom stereocenters. The van der Waals surface area contributed by atoms with E-state index < -0.39 is 22.0 Å². The van der Waals surface area contributed by atoms with Gasteiger partial charge in [-0.25, -0.2) is 8.42 Å². The number of methoxy groups -OCH3 is 2. The van der Waals surface area contributed by atoms with Gasteiger partial charge in [-0.2, -0.15) is 4.72 Å². The third-order valence-corrected chi connectivity index (χ3v) is 7.30. The van der Waals surface area contributed by atoms with Crippen molar-refractivity contribution in [1.82, 2.24) is 4.72 Å². The van der Waals surface area contributed by atoms with Gasteiger partial charge < -0.3 is 9.47 Å². The molecule has 160 valence electrons. The van der Waals surface area contributed by atoms with Crippen LogP contribution >= 0.6 is 11.3 Å². The van der Waals surface area contributed by atoms with Crippen LogP contribution < -0.4 is 9.46 Å². The van der Waals surface area contributed by atoms with Crippen LogP contribution in [0.1, 0.15) is 16.0 Å². The lowest BCUT2D eigenvalue weighted by atomic mass is 10.1. The summed E-state index contributed by atoms with van der Waals surface area (Å²) in [6.07, 6.45) is 0.183. The molecule has 6 nitrogen and oxygen atoms in total. The van der Waals surface area contributed by atoms with Gasteiger partial charge >= 0.3 is 5.97 Å².